The van der Waals surface area contributed by atoms with E-state index in [2.05, 4.69) is 47.2 Å². The molecule has 0 N–H and O–H groups in total. The third-order valence-electron chi connectivity index (χ3n) is 4.01. The summed E-state index contributed by atoms with van der Waals surface area (Å²) in [5, 5.41) is 0. The minimum atomic E-state index is 0.757. The Hall–Kier alpha value is -1.74. The van der Waals surface area contributed by atoms with Gasteiger partial charge in [0.05, 0.1) is 12.5 Å². The largest absolute Gasteiger partial charge is 0.472 e. The summed E-state index contributed by atoms with van der Waals surface area (Å²) >= 11 is 0. The van der Waals surface area contributed by atoms with Crippen LogP contribution < -0.4 is 4.90 Å². The molecule has 20 heavy (non-hydrogen) atoms. The number of nitrogens with zero attached hydrogens (tertiary/aromatic N) is 2. The van der Waals surface area contributed by atoms with Crippen LogP contribution in [0, 0.1) is 5.92 Å². The van der Waals surface area contributed by atoms with E-state index in [9.17, 15) is 0 Å². The number of rotatable bonds is 5. The van der Waals surface area contributed by atoms with Crippen LogP contribution in [0.4, 0.5) is 5.69 Å². The smallest absolute Gasteiger partial charge is 0.0947 e. The normalized spacial score (nSPS) is 18.9. The number of para-hydroxylation sites is 1. The lowest BCUT2D eigenvalue weighted by Gasteiger charge is -2.22. The molecule has 0 saturated carbocycles. The predicted octanol–water partition coefficient (Wildman–Crippen LogP) is 3.24. The first-order valence-electron chi connectivity index (χ1n) is 7.31. The number of anilines is 1. The van der Waals surface area contributed by atoms with Crippen LogP contribution in [-0.2, 0) is 6.54 Å². The summed E-state index contributed by atoms with van der Waals surface area (Å²) in [4.78, 5) is 4.89. The van der Waals surface area contributed by atoms with Crippen LogP contribution in [0.1, 0.15) is 12.0 Å². The highest BCUT2D eigenvalue weighted by molar-refractivity contribution is 5.46. The molecule has 0 amide bonds. The highest BCUT2D eigenvalue weighted by atomic mass is 16.3. The molecule has 0 spiro atoms. The van der Waals surface area contributed by atoms with E-state index in [0.717, 1.165) is 19.0 Å². The Morgan fingerprint density at radius 1 is 1.25 bits per heavy atom. The molecule has 2 heterocycles. The highest BCUT2D eigenvalue weighted by Crippen LogP contribution is 2.24. The molecule has 1 fully saturated rings. The van der Waals surface area contributed by atoms with E-state index < -0.39 is 0 Å². The fraction of sp³-hybridized carbons (Fsp3) is 0.412. The average molecular weight is 270 g/mol. The first-order chi connectivity index (χ1) is 9.81. The van der Waals surface area contributed by atoms with Gasteiger partial charge in [-0.1, -0.05) is 18.2 Å². The molecule has 1 atom stereocenters. The predicted molar refractivity (Wildman–Crippen MR) is 81.8 cm³/mol. The third kappa shape index (κ3) is 3.23. The van der Waals surface area contributed by atoms with Crippen LogP contribution in [0.5, 0.6) is 0 Å². The number of furan rings is 1. The van der Waals surface area contributed by atoms with Crippen LogP contribution in [-0.4, -0.2) is 31.6 Å². The molecule has 0 radical (unpaired) electrons. The van der Waals surface area contributed by atoms with Crippen molar-refractivity contribution in [1.29, 1.82) is 0 Å². The van der Waals surface area contributed by atoms with Gasteiger partial charge in [-0.15, -0.1) is 0 Å². The SMILES string of the molecule is CN(Cc1ccoc1)CC1CCN(c2ccccc2)C1. The van der Waals surface area contributed by atoms with E-state index in [0.29, 0.717) is 0 Å². The van der Waals surface area contributed by atoms with Gasteiger partial charge >= 0.3 is 0 Å². The molecule has 1 saturated heterocycles. The van der Waals surface area contributed by atoms with Gasteiger partial charge in [0.2, 0.25) is 0 Å². The van der Waals surface area contributed by atoms with Gasteiger partial charge < -0.3 is 14.2 Å². The maximum absolute atomic E-state index is 5.13. The monoisotopic (exact) mass is 270 g/mol. The van der Waals surface area contributed by atoms with Crippen LogP contribution in [0.15, 0.2) is 53.3 Å². The van der Waals surface area contributed by atoms with Crippen molar-refractivity contribution in [2.75, 3.05) is 31.6 Å². The number of hydrogen-bond acceptors (Lipinski definition) is 3. The third-order valence-corrected chi connectivity index (χ3v) is 4.01. The minimum Gasteiger partial charge on any atom is -0.472 e. The van der Waals surface area contributed by atoms with Gasteiger partial charge in [-0.3, -0.25) is 0 Å². The van der Waals surface area contributed by atoms with Gasteiger partial charge in [-0.2, -0.15) is 0 Å². The second-order valence-corrected chi connectivity index (χ2v) is 5.76. The standard InChI is InChI=1S/C17H22N2O/c1-18(12-16-8-10-20-14-16)11-15-7-9-19(13-15)17-5-3-2-4-6-17/h2-6,8,10,14-15H,7,9,11-13H2,1H3. The first kappa shape index (κ1) is 13.3. The lowest BCUT2D eigenvalue weighted by Crippen LogP contribution is -2.27. The summed E-state index contributed by atoms with van der Waals surface area (Å²) in [5.41, 5.74) is 2.61. The second-order valence-electron chi connectivity index (χ2n) is 5.76. The van der Waals surface area contributed by atoms with Crippen LogP contribution in [0.3, 0.4) is 0 Å². The van der Waals surface area contributed by atoms with E-state index in [1.165, 1.54) is 30.8 Å². The quantitative estimate of drug-likeness (QED) is 0.831. The van der Waals surface area contributed by atoms with Crippen molar-refractivity contribution >= 4 is 5.69 Å². The van der Waals surface area contributed by atoms with Crippen molar-refractivity contribution in [3.63, 3.8) is 0 Å². The van der Waals surface area contributed by atoms with Gasteiger partial charge in [0.15, 0.2) is 0 Å². The van der Waals surface area contributed by atoms with Gasteiger partial charge in [-0.25, -0.2) is 0 Å². The Bertz CT molecular complexity index is 509. The number of hydrogen-bond donors (Lipinski definition) is 0. The van der Waals surface area contributed by atoms with Crippen molar-refractivity contribution in [1.82, 2.24) is 4.90 Å². The fourth-order valence-electron chi connectivity index (χ4n) is 3.05. The highest BCUT2D eigenvalue weighted by Gasteiger charge is 2.23. The van der Waals surface area contributed by atoms with Crippen molar-refractivity contribution in [3.05, 3.63) is 54.5 Å². The Labute approximate surface area is 120 Å². The molecular formula is C17H22N2O. The van der Waals surface area contributed by atoms with E-state index in [1.807, 2.05) is 12.3 Å². The molecule has 1 unspecified atom stereocenters. The first-order valence-corrected chi connectivity index (χ1v) is 7.31. The number of benzene rings is 1. The Kier molecular flexibility index (Phi) is 4.07. The molecule has 3 heteroatoms. The van der Waals surface area contributed by atoms with Crippen molar-refractivity contribution in [2.45, 2.75) is 13.0 Å². The molecule has 3 nitrogen and oxygen atoms in total. The lowest BCUT2D eigenvalue weighted by atomic mass is 10.1. The molecule has 106 valence electrons. The summed E-state index contributed by atoms with van der Waals surface area (Å²) < 4.78 is 5.13. The van der Waals surface area contributed by atoms with Crippen molar-refractivity contribution < 1.29 is 4.42 Å². The molecule has 1 aliphatic rings. The average Bonchev–Trinajstić information content (AvgIpc) is 3.11. The maximum atomic E-state index is 5.13. The lowest BCUT2D eigenvalue weighted by molar-refractivity contribution is 0.278. The van der Waals surface area contributed by atoms with E-state index >= 15 is 0 Å². The molecule has 0 bridgehead atoms. The van der Waals surface area contributed by atoms with Gasteiger partial charge in [-0.05, 0) is 37.6 Å². The summed E-state index contributed by atoms with van der Waals surface area (Å²) in [6.07, 6.45) is 4.86. The van der Waals surface area contributed by atoms with Crippen molar-refractivity contribution in [2.24, 2.45) is 5.92 Å². The molecule has 1 aromatic carbocycles. The van der Waals surface area contributed by atoms with E-state index in [4.69, 9.17) is 4.42 Å². The Morgan fingerprint density at radius 3 is 2.85 bits per heavy atom. The fourth-order valence-corrected chi connectivity index (χ4v) is 3.05. The zero-order valence-corrected chi connectivity index (χ0v) is 12.0. The Balaban J connectivity index is 1.50. The van der Waals surface area contributed by atoms with E-state index in [-0.39, 0.29) is 0 Å². The second kappa shape index (κ2) is 6.14. The van der Waals surface area contributed by atoms with E-state index in [1.54, 1.807) is 6.26 Å². The summed E-state index contributed by atoms with van der Waals surface area (Å²) in [6, 6.07) is 12.8. The van der Waals surface area contributed by atoms with Crippen LogP contribution in [0.25, 0.3) is 0 Å². The molecule has 2 aromatic rings. The van der Waals surface area contributed by atoms with Gasteiger partial charge in [0.25, 0.3) is 0 Å². The molecule has 3 rings (SSSR count). The molecule has 1 aliphatic heterocycles. The van der Waals surface area contributed by atoms with Crippen LogP contribution in [0.2, 0.25) is 0 Å². The molecular weight excluding hydrogens is 248 g/mol. The summed E-state index contributed by atoms with van der Waals surface area (Å²) in [5.74, 6) is 0.757. The topological polar surface area (TPSA) is 19.6 Å². The Morgan fingerprint density at radius 2 is 2.10 bits per heavy atom. The summed E-state index contributed by atoms with van der Waals surface area (Å²) in [7, 11) is 2.19. The molecule has 1 aromatic heterocycles. The maximum Gasteiger partial charge on any atom is 0.0947 e. The van der Waals surface area contributed by atoms with Crippen LogP contribution >= 0.6 is 0 Å². The summed E-state index contributed by atoms with van der Waals surface area (Å²) in [6.45, 7) is 4.46. The zero-order valence-electron chi connectivity index (χ0n) is 12.0. The van der Waals surface area contributed by atoms with Gasteiger partial charge in [0.1, 0.15) is 0 Å². The zero-order chi connectivity index (χ0) is 13.8. The molecule has 0 aliphatic carbocycles. The van der Waals surface area contributed by atoms with Gasteiger partial charge in [0, 0.05) is 37.4 Å². The minimum absolute atomic E-state index is 0.757. The van der Waals surface area contributed by atoms with Crippen molar-refractivity contribution in [3.8, 4) is 0 Å².